The van der Waals surface area contributed by atoms with Crippen LogP contribution in [0, 0.1) is 0 Å². The third-order valence-corrected chi connectivity index (χ3v) is 5.64. The maximum atomic E-state index is 12.6. The molecule has 0 aromatic heterocycles. The van der Waals surface area contributed by atoms with E-state index < -0.39 is 29.7 Å². The topological polar surface area (TPSA) is 107 Å². The number of phenols is 1. The standard InChI is InChI=1S/C22H22N2O6S/c1-23(12-18(26)15-5-7-16(25)8-6-15)20(27)13-24-21(28)19(31-22(24)29)11-14-3-9-17(30-2)10-4-14/h3-11,18,25-26H,12-13H2,1-2H3. The first-order valence-electron chi connectivity index (χ1n) is 9.39. The molecule has 0 bridgehead atoms. The first kappa shape index (κ1) is 22.4. The van der Waals surface area contributed by atoms with Crippen LogP contribution in [0.1, 0.15) is 17.2 Å². The van der Waals surface area contributed by atoms with Crippen LogP contribution in [-0.4, -0.2) is 64.3 Å². The molecule has 3 rings (SSSR count). The fraction of sp³-hybridized carbons (Fsp3) is 0.227. The molecule has 31 heavy (non-hydrogen) atoms. The summed E-state index contributed by atoms with van der Waals surface area (Å²) in [5, 5.41) is 19.1. The quantitative estimate of drug-likeness (QED) is 0.635. The number of aliphatic hydroxyl groups excluding tert-OH is 1. The van der Waals surface area contributed by atoms with E-state index in [1.54, 1.807) is 49.6 Å². The Morgan fingerprint density at radius 2 is 1.81 bits per heavy atom. The lowest BCUT2D eigenvalue weighted by Crippen LogP contribution is -2.41. The van der Waals surface area contributed by atoms with Crippen molar-refractivity contribution in [3.8, 4) is 11.5 Å². The summed E-state index contributed by atoms with van der Waals surface area (Å²) in [5.41, 5.74) is 1.26. The molecule has 0 radical (unpaired) electrons. The van der Waals surface area contributed by atoms with Gasteiger partial charge in [0.1, 0.15) is 18.0 Å². The molecule has 3 amide bonds. The zero-order valence-corrected chi connectivity index (χ0v) is 17.8. The van der Waals surface area contributed by atoms with E-state index in [-0.39, 0.29) is 17.2 Å². The van der Waals surface area contributed by atoms with Gasteiger partial charge in [0, 0.05) is 7.05 Å². The van der Waals surface area contributed by atoms with Crippen molar-refractivity contribution in [2.24, 2.45) is 0 Å². The van der Waals surface area contributed by atoms with Crippen molar-refractivity contribution in [2.45, 2.75) is 6.10 Å². The number of likely N-dealkylation sites (N-methyl/N-ethyl adjacent to an activating group) is 1. The normalized spacial score (nSPS) is 16.0. The Labute approximate surface area is 183 Å². The molecule has 9 heteroatoms. The zero-order valence-electron chi connectivity index (χ0n) is 17.0. The van der Waals surface area contributed by atoms with E-state index in [1.165, 1.54) is 24.1 Å². The van der Waals surface area contributed by atoms with Gasteiger partial charge in [-0.05, 0) is 53.2 Å². The van der Waals surface area contributed by atoms with Crippen LogP contribution in [0.2, 0.25) is 0 Å². The number of carbonyl (C=O) groups is 3. The molecule has 2 N–H and O–H groups in total. The summed E-state index contributed by atoms with van der Waals surface area (Å²) >= 11 is 0.776. The van der Waals surface area contributed by atoms with Crippen LogP contribution in [0.5, 0.6) is 11.5 Å². The van der Waals surface area contributed by atoms with Gasteiger partial charge in [-0.1, -0.05) is 24.3 Å². The second-order valence-electron chi connectivity index (χ2n) is 6.92. The number of imide groups is 1. The largest absolute Gasteiger partial charge is 0.508 e. The molecule has 1 fully saturated rings. The maximum absolute atomic E-state index is 12.6. The second-order valence-corrected chi connectivity index (χ2v) is 7.92. The highest BCUT2D eigenvalue weighted by atomic mass is 32.2. The summed E-state index contributed by atoms with van der Waals surface area (Å²) in [6.45, 7) is -0.440. The fourth-order valence-corrected chi connectivity index (χ4v) is 3.75. The number of hydrogen-bond donors (Lipinski definition) is 2. The molecule has 1 aliphatic heterocycles. The first-order chi connectivity index (χ1) is 14.8. The minimum Gasteiger partial charge on any atom is -0.508 e. The number of amides is 3. The van der Waals surface area contributed by atoms with E-state index in [0.29, 0.717) is 11.3 Å². The first-order valence-corrected chi connectivity index (χ1v) is 10.2. The SMILES string of the molecule is COc1ccc(C=C2SC(=O)N(CC(=O)N(C)CC(O)c3ccc(O)cc3)C2=O)cc1. The molecule has 1 saturated heterocycles. The van der Waals surface area contributed by atoms with E-state index in [0.717, 1.165) is 22.2 Å². The molecule has 1 unspecified atom stereocenters. The van der Waals surface area contributed by atoms with Crippen molar-refractivity contribution in [1.29, 1.82) is 0 Å². The number of rotatable bonds is 7. The Hall–Kier alpha value is -3.30. The van der Waals surface area contributed by atoms with Crippen LogP contribution in [0.25, 0.3) is 6.08 Å². The summed E-state index contributed by atoms with van der Waals surface area (Å²) in [5.74, 6) is -0.270. The molecule has 2 aromatic carbocycles. The molecular formula is C22H22N2O6S. The summed E-state index contributed by atoms with van der Waals surface area (Å²) < 4.78 is 5.10. The molecule has 0 saturated carbocycles. The molecule has 8 nitrogen and oxygen atoms in total. The Kier molecular flexibility index (Phi) is 6.98. The number of aromatic hydroxyl groups is 1. The van der Waals surface area contributed by atoms with Gasteiger partial charge in [-0.15, -0.1) is 0 Å². The average Bonchev–Trinajstić information content (AvgIpc) is 3.01. The Morgan fingerprint density at radius 1 is 1.16 bits per heavy atom. The summed E-state index contributed by atoms with van der Waals surface area (Å²) in [7, 11) is 3.04. The monoisotopic (exact) mass is 442 g/mol. The molecule has 1 atom stereocenters. The number of ether oxygens (including phenoxy) is 1. The van der Waals surface area contributed by atoms with Crippen molar-refractivity contribution in [3.63, 3.8) is 0 Å². The van der Waals surface area contributed by atoms with Crippen molar-refractivity contribution in [3.05, 3.63) is 64.6 Å². The third-order valence-electron chi connectivity index (χ3n) is 4.73. The predicted molar refractivity (Wildman–Crippen MR) is 116 cm³/mol. The van der Waals surface area contributed by atoms with Gasteiger partial charge in [0.15, 0.2) is 0 Å². The predicted octanol–water partition coefficient (Wildman–Crippen LogP) is 2.63. The van der Waals surface area contributed by atoms with Crippen LogP contribution in [0.15, 0.2) is 53.4 Å². The number of carbonyl (C=O) groups excluding carboxylic acids is 3. The number of phenolic OH excluding ortho intramolecular Hbond substituents is 1. The summed E-state index contributed by atoms with van der Waals surface area (Å²) in [4.78, 5) is 39.8. The lowest BCUT2D eigenvalue weighted by atomic mass is 10.1. The lowest BCUT2D eigenvalue weighted by molar-refractivity contribution is -0.135. The van der Waals surface area contributed by atoms with Crippen molar-refractivity contribution in [2.75, 3.05) is 27.2 Å². The molecule has 2 aromatic rings. The smallest absolute Gasteiger partial charge is 0.294 e. The Balaban J connectivity index is 1.62. The van der Waals surface area contributed by atoms with Gasteiger partial charge in [0.25, 0.3) is 11.1 Å². The van der Waals surface area contributed by atoms with E-state index in [1.807, 2.05) is 0 Å². The number of hydrogen-bond acceptors (Lipinski definition) is 7. The van der Waals surface area contributed by atoms with Crippen LogP contribution in [0.3, 0.4) is 0 Å². The highest BCUT2D eigenvalue weighted by Gasteiger charge is 2.37. The molecule has 0 spiro atoms. The van der Waals surface area contributed by atoms with Crippen molar-refractivity contribution < 1.29 is 29.3 Å². The maximum Gasteiger partial charge on any atom is 0.294 e. The van der Waals surface area contributed by atoms with Gasteiger partial charge in [0.2, 0.25) is 5.91 Å². The Morgan fingerprint density at radius 3 is 2.42 bits per heavy atom. The molecular weight excluding hydrogens is 420 g/mol. The second kappa shape index (κ2) is 9.67. The molecule has 1 aliphatic rings. The highest BCUT2D eigenvalue weighted by molar-refractivity contribution is 8.18. The van der Waals surface area contributed by atoms with Gasteiger partial charge >= 0.3 is 0 Å². The summed E-state index contributed by atoms with van der Waals surface area (Å²) in [6, 6.07) is 13.0. The fourth-order valence-electron chi connectivity index (χ4n) is 2.91. The van der Waals surface area contributed by atoms with Gasteiger partial charge in [-0.25, -0.2) is 0 Å². The average molecular weight is 442 g/mol. The molecule has 1 heterocycles. The minimum absolute atomic E-state index is 0.0263. The lowest BCUT2D eigenvalue weighted by Gasteiger charge is -2.23. The van der Waals surface area contributed by atoms with E-state index in [4.69, 9.17) is 4.74 Å². The van der Waals surface area contributed by atoms with Gasteiger partial charge < -0.3 is 19.8 Å². The van der Waals surface area contributed by atoms with E-state index in [2.05, 4.69) is 0 Å². The minimum atomic E-state index is -0.973. The van der Waals surface area contributed by atoms with E-state index in [9.17, 15) is 24.6 Å². The number of aliphatic hydroxyl groups is 1. The van der Waals surface area contributed by atoms with Gasteiger partial charge in [-0.3, -0.25) is 19.3 Å². The van der Waals surface area contributed by atoms with E-state index >= 15 is 0 Å². The van der Waals surface area contributed by atoms with Crippen LogP contribution >= 0.6 is 11.8 Å². The molecule has 0 aliphatic carbocycles. The highest BCUT2D eigenvalue weighted by Crippen LogP contribution is 2.32. The number of methoxy groups -OCH3 is 1. The van der Waals surface area contributed by atoms with Crippen molar-refractivity contribution >= 4 is 34.9 Å². The number of benzene rings is 2. The number of thioether (sulfide) groups is 1. The van der Waals surface area contributed by atoms with Gasteiger partial charge in [0.05, 0.1) is 24.7 Å². The van der Waals surface area contributed by atoms with Crippen molar-refractivity contribution in [1.82, 2.24) is 9.80 Å². The van der Waals surface area contributed by atoms with Crippen LogP contribution in [-0.2, 0) is 9.59 Å². The molecule has 162 valence electrons. The van der Waals surface area contributed by atoms with Crippen LogP contribution in [0.4, 0.5) is 4.79 Å². The zero-order chi connectivity index (χ0) is 22.5. The van der Waals surface area contributed by atoms with Gasteiger partial charge in [-0.2, -0.15) is 0 Å². The third kappa shape index (κ3) is 5.44. The number of nitrogens with zero attached hydrogens (tertiary/aromatic N) is 2. The summed E-state index contributed by atoms with van der Waals surface area (Å²) in [6.07, 6.45) is 0.618. The Bertz CT molecular complexity index is 1000. The van der Waals surface area contributed by atoms with Crippen LogP contribution < -0.4 is 4.74 Å².